The van der Waals surface area contributed by atoms with Crippen LogP contribution in [0.1, 0.15) is 56.5 Å². The van der Waals surface area contributed by atoms with Gasteiger partial charge in [0.1, 0.15) is 5.82 Å². The average Bonchev–Trinajstić information content (AvgIpc) is 3.25. The van der Waals surface area contributed by atoms with Crippen LogP contribution >= 0.6 is 0 Å². The van der Waals surface area contributed by atoms with Crippen molar-refractivity contribution in [2.24, 2.45) is 11.7 Å². The highest BCUT2D eigenvalue weighted by Crippen LogP contribution is 2.30. The zero-order valence-electron chi connectivity index (χ0n) is 19.4. The second-order valence-corrected chi connectivity index (χ2v) is 9.40. The molecule has 1 aliphatic carbocycles. The first kappa shape index (κ1) is 23.1. The quantitative estimate of drug-likeness (QED) is 0.550. The highest BCUT2D eigenvalue weighted by Gasteiger charge is 2.24. The van der Waals surface area contributed by atoms with E-state index in [0.29, 0.717) is 61.1 Å². The van der Waals surface area contributed by atoms with Crippen LogP contribution in [0.2, 0.25) is 0 Å². The van der Waals surface area contributed by atoms with Crippen LogP contribution in [0.3, 0.4) is 0 Å². The molecule has 2 N–H and O–H groups in total. The van der Waals surface area contributed by atoms with Crippen molar-refractivity contribution in [3.8, 4) is 5.82 Å². The number of hydrogen-bond donors (Lipinski definition) is 1. The molecule has 3 heterocycles. The third-order valence-corrected chi connectivity index (χ3v) is 6.93. The second kappa shape index (κ2) is 10.3. The Morgan fingerprint density at radius 3 is 2.71 bits per heavy atom. The first-order valence-electron chi connectivity index (χ1n) is 12.3. The van der Waals surface area contributed by atoms with E-state index in [9.17, 15) is 8.78 Å². The van der Waals surface area contributed by atoms with E-state index in [-0.39, 0.29) is 5.82 Å². The number of aromatic nitrogens is 4. The van der Waals surface area contributed by atoms with Crippen LogP contribution in [-0.2, 0) is 11.2 Å². The van der Waals surface area contributed by atoms with Crippen molar-refractivity contribution in [3.05, 3.63) is 41.9 Å². The fourth-order valence-corrected chi connectivity index (χ4v) is 5.22. The number of imidazole rings is 1. The fourth-order valence-electron chi connectivity index (χ4n) is 5.22. The molecule has 182 valence electrons. The van der Waals surface area contributed by atoms with E-state index in [1.807, 2.05) is 12.1 Å². The molecule has 7 nitrogen and oxygen atoms in total. The van der Waals surface area contributed by atoms with E-state index >= 15 is 0 Å². The summed E-state index contributed by atoms with van der Waals surface area (Å²) in [5, 5.41) is 0. The average molecular weight is 471 g/mol. The summed E-state index contributed by atoms with van der Waals surface area (Å²) in [7, 11) is 0. The Balaban J connectivity index is 1.47. The second-order valence-electron chi connectivity index (χ2n) is 9.40. The number of ether oxygens (including phenoxy) is 1. The largest absolute Gasteiger partial charge is 0.378 e. The molecule has 1 unspecified atom stereocenters. The maximum Gasteiger partial charge on any atom is 0.296 e. The number of hydrogen-bond acceptors (Lipinski definition) is 6. The molecule has 2 aliphatic rings. The van der Waals surface area contributed by atoms with Gasteiger partial charge in [-0.3, -0.25) is 4.57 Å². The van der Waals surface area contributed by atoms with Gasteiger partial charge in [0, 0.05) is 30.9 Å². The number of benzene rings is 1. The van der Waals surface area contributed by atoms with Gasteiger partial charge in [0.05, 0.1) is 24.2 Å². The van der Waals surface area contributed by atoms with Crippen LogP contribution in [0, 0.1) is 5.92 Å². The molecule has 0 bridgehead atoms. The minimum absolute atomic E-state index is 0.296. The third kappa shape index (κ3) is 5.05. The van der Waals surface area contributed by atoms with Gasteiger partial charge in [-0.05, 0) is 43.7 Å². The summed E-state index contributed by atoms with van der Waals surface area (Å²) < 4.78 is 34.9. The molecule has 1 aromatic carbocycles. The van der Waals surface area contributed by atoms with Gasteiger partial charge in [-0.1, -0.05) is 31.4 Å². The lowest BCUT2D eigenvalue weighted by atomic mass is 9.83. The maximum absolute atomic E-state index is 14.0. The van der Waals surface area contributed by atoms with Crippen LogP contribution < -0.4 is 10.6 Å². The molecular formula is C25H32F2N6O. The van der Waals surface area contributed by atoms with Crippen LogP contribution in [0.4, 0.5) is 14.7 Å². The lowest BCUT2D eigenvalue weighted by molar-refractivity contribution is 0.122. The van der Waals surface area contributed by atoms with Gasteiger partial charge in [-0.25, -0.2) is 18.7 Å². The molecule has 0 radical (unpaired) electrons. The molecule has 0 spiro atoms. The van der Waals surface area contributed by atoms with Crippen molar-refractivity contribution in [2.45, 2.75) is 57.4 Å². The van der Waals surface area contributed by atoms with Gasteiger partial charge in [0.25, 0.3) is 6.43 Å². The Bertz CT molecular complexity index is 1110. The minimum atomic E-state index is -2.71. The third-order valence-electron chi connectivity index (χ3n) is 6.93. The number of fused-ring (bicyclic) bond motifs is 1. The van der Waals surface area contributed by atoms with E-state index in [0.717, 1.165) is 37.8 Å². The van der Waals surface area contributed by atoms with E-state index in [1.165, 1.54) is 17.4 Å². The number of aryl methyl sites for hydroxylation is 1. The summed E-state index contributed by atoms with van der Waals surface area (Å²) in [5.41, 5.74) is 8.17. The molecule has 1 saturated heterocycles. The minimum Gasteiger partial charge on any atom is -0.378 e. The molecule has 2 aromatic heterocycles. The lowest BCUT2D eigenvalue weighted by Gasteiger charge is -2.28. The molecule has 1 aliphatic heterocycles. The SMILES string of the molecule is N[C@H]1CCCC(CCCc2cc(-n3c(C(F)F)nc4ccccc43)nc(N3CCOCC3)n2)C1. The van der Waals surface area contributed by atoms with Gasteiger partial charge >= 0.3 is 0 Å². The molecule has 34 heavy (non-hydrogen) atoms. The number of para-hydroxylation sites is 2. The Morgan fingerprint density at radius 2 is 1.91 bits per heavy atom. The topological polar surface area (TPSA) is 82.1 Å². The number of alkyl halides is 2. The van der Waals surface area contributed by atoms with E-state index in [4.69, 9.17) is 20.4 Å². The monoisotopic (exact) mass is 470 g/mol. The molecule has 9 heteroatoms. The van der Waals surface area contributed by atoms with E-state index in [2.05, 4.69) is 9.88 Å². The zero-order chi connectivity index (χ0) is 23.5. The van der Waals surface area contributed by atoms with Crippen LogP contribution in [0.25, 0.3) is 16.9 Å². The number of rotatable bonds is 7. The van der Waals surface area contributed by atoms with Crippen molar-refractivity contribution < 1.29 is 13.5 Å². The first-order valence-corrected chi connectivity index (χ1v) is 12.3. The van der Waals surface area contributed by atoms with Gasteiger partial charge in [-0.15, -0.1) is 0 Å². The van der Waals surface area contributed by atoms with Crippen molar-refractivity contribution in [3.63, 3.8) is 0 Å². The van der Waals surface area contributed by atoms with E-state index in [1.54, 1.807) is 18.2 Å². The Kier molecular flexibility index (Phi) is 7.01. The Hall–Kier alpha value is -2.65. The number of morpholine rings is 1. The van der Waals surface area contributed by atoms with Crippen molar-refractivity contribution in [1.29, 1.82) is 0 Å². The number of nitrogens with zero attached hydrogens (tertiary/aromatic N) is 5. The summed E-state index contributed by atoms with van der Waals surface area (Å²) in [4.78, 5) is 15.8. The number of halogens is 2. The predicted molar refractivity (Wildman–Crippen MR) is 128 cm³/mol. The fraction of sp³-hybridized carbons (Fsp3) is 0.560. The molecular weight excluding hydrogens is 438 g/mol. The molecule has 0 amide bonds. The normalized spacial score (nSPS) is 21.5. The zero-order valence-corrected chi connectivity index (χ0v) is 19.4. The highest BCUT2D eigenvalue weighted by molar-refractivity contribution is 5.78. The molecule has 2 fully saturated rings. The smallest absolute Gasteiger partial charge is 0.296 e. The van der Waals surface area contributed by atoms with Gasteiger partial charge < -0.3 is 15.4 Å². The molecule has 3 aromatic rings. The van der Waals surface area contributed by atoms with Crippen LogP contribution in [-0.4, -0.2) is 51.9 Å². The molecule has 5 rings (SSSR count). The van der Waals surface area contributed by atoms with E-state index < -0.39 is 6.43 Å². The van der Waals surface area contributed by atoms with Gasteiger partial charge in [-0.2, -0.15) is 4.98 Å². The summed E-state index contributed by atoms with van der Waals surface area (Å²) in [6, 6.07) is 9.34. The van der Waals surface area contributed by atoms with Crippen LogP contribution in [0.15, 0.2) is 30.3 Å². The summed E-state index contributed by atoms with van der Waals surface area (Å²) in [5.74, 6) is 1.37. The lowest BCUT2D eigenvalue weighted by Crippen LogP contribution is -2.37. The number of anilines is 1. The molecule has 2 atom stereocenters. The first-order chi connectivity index (χ1) is 16.6. The predicted octanol–water partition coefficient (Wildman–Crippen LogP) is 4.43. The standard InChI is InChI=1S/C25H32F2N6O/c26-23(27)24-30-20-9-1-2-10-21(20)33(24)22-16-19(8-4-6-17-5-3-7-18(28)15-17)29-25(31-22)32-11-13-34-14-12-32/h1-2,9-10,16-18,23H,3-8,11-15,28H2/t17?,18-/m0/s1. The van der Waals surface area contributed by atoms with Crippen LogP contribution in [0.5, 0.6) is 0 Å². The summed E-state index contributed by atoms with van der Waals surface area (Å²) in [6.07, 6.45) is 4.81. The summed E-state index contributed by atoms with van der Waals surface area (Å²) >= 11 is 0. The van der Waals surface area contributed by atoms with Crippen molar-refractivity contribution >= 4 is 17.0 Å². The summed E-state index contributed by atoms with van der Waals surface area (Å²) in [6.45, 7) is 2.55. The highest BCUT2D eigenvalue weighted by atomic mass is 19.3. The number of nitrogens with two attached hydrogens (primary N) is 1. The molecule has 1 saturated carbocycles. The van der Waals surface area contributed by atoms with Crippen molar-refractivity contribution in [1.82, 2.24) is 19.5 Å². The van der Waals surface area contributed by atoms with Crippen molar-refractivity contribution in [2.75, 3.05) is 31.2 Å². The van der Waals surface area contributed by atoms with Gasteiger partial charge in [0.15, 0.2) is 5.82 Å². The Morgan fingerprint density at radius 1 is 1.09 bits per heavy atom. The maximum atomic E-state index is 14.0. The van der Waals surface area contributed by atoms with Gasteiger partial charge in [0.2, 0.25) is 5.95 Å². The Labute approximate surface area is 198 Å².